The zero-order valence-electron chi connectivity index (χ0n) is 24.1. The molecule has 0 saturated heterocycles. The molecule has 7 nitrogen and oxygen atoms in total. The topological polar surface area (TPSA) is 74.7 Å². The minimum absolute atomic E-state index is 0. The summed E-state index contributed by atoms with van der Waals surface area (Å²) in [6.45, 7) is -12.0. The van der Waals surface area contributed by atoms with Crippen LogP contribution in [0.1, 0.15) is 16.5 Å². The molecule has 158 valence electrons. The fourth-order valence-electron chi connectivity index (χ4n) is 2.38. The highest BCUT2D eigenvalue weighted by atomic mass is 35.5. The molecule has 1 heterocycles. The second-order valence-electron chi connectivity index (χ2n) is 5.41. The Hall–Kier alpha value is -3.05. The maximum atomic E-state index is 8.07. The van der Waals surface area contributed by atoms with Gasteiger partial charge in [-0.05, 0) is 24.3 Å². The number of nitrogens with one attached hydrogen (secondary N) is 1. The van der Waals surface area contributed by atoms with Gasteiger partial charge in [-0.1, -0.05) is 12.0 Å². The zero-order chi connectivity index (χ0) is 27.6. The lowest BCUT2D eigenvalue weighted by Crippen LogP contribution is -2.09. The number of rotatable bonds is 10. The van der Waals surface area contributed by atoms with E-state index in [1.54, 1.807) is 24.3 Å². The number of benzene rings is 2. The smallest absolute Gasteiger partial charge is 0.163 e. The molecule has 0 fully saturated rings. The third-order valence-electron chi connectivity index (χ3n) is 3.60. The van der Waals surface area contributed by atoms with Gasteiger partial charge in [0.2, 0.25) is 0 Å². The number of ether oxygens (including phenoxy) is 4. The average molecular weight is 438 g/mol. The van der Waals surface area contributed by atoms with E-state index in [1.165, 1.54) is 18.5 Å². The van der Waals surface area contributed by atoms with E-state index in [4.69, 9.17) is 26.9 Å². The number of terminal acetylenes is 1. The van der Waals surface area contributed by atoms with Crippen LogP contribution in [0.2, 0.25) is 0 Å². The lowest BCUT2D eigenvalue weighted by atomic mass is 10.2. The van der Waals surface area contributed by atoms with Crippen LogP contribution in [0.25, 0.3) is 10.9 Å². The maximum Gasteiger partial charge on any atom is 0.163 e. The van der Waals surface area contributed by atoms with Crippen LogP contribution in [0.15, 0.2) is 42.7 Å². The van der Waals surface area contributed by atoms with Crippen LogP contribution < -0.4 is 14.8 Å². The Kier molecular flexibility index (Phi) is 5.54. The Labute approximate surface area is 193 Å². The van der Waals surface area contributed by atoms with E-state index in [1.807, 2.05) is 0 Å². The monoisotopic (exact) mass is 437 g/mol. The number of hydrogen-bond acceptors (Lipinski definition) is 7. The molecule has 0 spiro atoms. The highest BCUT2D eigenvalue weighted by Crippen LogP contribution is 2.35. The standard InChI is InChI=1S/C22H23N3O4.ClH/c1-4-16-6-5-7-17(12-16)25-22-18-13-20(28-10-8-26-2)21(29-11-9-27-3)14-19(18)23-15-24-22;/h1,5-7,12-15H,8-11H2,2-3H3,(H,23,24,25);1H/i8D2,9D2,10D2,11D2;. The van der Waals surface area contributed by atoms with Crippen LogP contribution in [0.5, 0.6) is 11.5 Å². The first-order valence-corrected chi connectivity index (χ1v) is 8.27. The third kappa shape index (κ3) is 5.97. The Bertz CT molecular complexity index is 1340. The van der Waals surface area contributed by atoms with Crippen molar-refractivity contribution in [2.24, 2.45) is 0 Å². The number of fused-ring (bicyclic) bond motifs is 1. The van der Waals surface area contributed by atoms with Crippen molar-refractivity contribution >= 4 is 34.8 Å². The van der Waals surface area contributed by atoms with E-state index in [0.717, 1.165) is 14.2 Å². The van der Waals surface area contributed by atoms with E-state index in [0.29, 0.717) is 11.3 Å². The Balaban J connectivity index is 0.00000507. The number of anilines is 2. The SMILES string of the molecule is Cl.[2H]C([2H])(OC)C([2H])([2H])Oc1cc2ncnc(Nc3cccc(C#C)c3)c2cc1OC([2H])([2H])C([2H])([2H])OC. The summed E-state index contributed by atoms with van der Waals surface area (Å²) >= 11 is 0. The molecule has 8 heteroatoms. The predicted molar refractivity (Wildman–Crippen MR) is 119 cm³/mol. The van der Waals surface area contributed by atoms with Crippen LogP contribution in [0.4, 0.5) is 11.5 Å². The van der Waals surface area contributed by atoms with Crippen LogP contribution in [0, 0.1) is 12.3 Å². The molecule has 3 aromatic rings. The summed E-state index contributed by atoms with van der Waals surface area (Å²) in [6.07, 6.45) is 6.67. The maximum absolute atomic E-state index is 8.07. The van der Waals surface area contributed by atoms with Gasteiger partial charge in [0.25, 0.3) is 0 Å². The van der Waals surface area contributed by atoms with E-state index in [-0.39, 0.29) is 29.1 Å². The summed E-state index contributed by atoms with van der Waals surface area (Å²) in [7, 11) is 1.90. The first-order valence-electron chi connectivity index (χ1n) is 12.3. The third-order valence-corrected chi connectivity index (χ3v) is 3.60. The van der Waals surface area contributed by atoms with Crippen LogP contribution in [-0.2, 0) is 9.47 Å². The molecule has 3 rings (SSSR count). The van der Waals surface area contributed by atoms with Gasteiger partial charge in [-0.15, -0.1) is 18.8 Å². The van der Waals surface area contributed by atoms with Crippen molar-refractivity contribution in [3.8, 4) is 23.8 Å². The van der Waals surface area contributed by atoms with Gasteiger partial charge in [0.1, 0.15) is 25.3 Å². The molecule has 0 saturated carbocycles. The zero-order valence-corrected chi connectivity index (χ0v) is 16.9. The molecule has 0 bridgehead atoms. The molecule has 0 unspecified atom stereocenters. The highest BCUT2D eigenvalue weighted by Gasteiger charge is 2.13. The van der Waals surface area contributed by atoms with Gasteiger partial charge in [-0.25, -0.2) is 9.97 Å². The molecule has 0 amide bonds. The van der Waals surface area contributed by atoms with Crippen LogP contribution in [-0.4, -0.2) is 50.4 Å². The van der Waals surface area contributed by atoms with Crippen molar-refractivity contribution in [2.75, 3.05) is 45.8 Å². The van der Waals surface area contributed by atoms with Crippen molar-refractivity contribution in [1.29, 1.82) is 0 Å². The number of nitrogens with zero attached hydrogens (tertiary/aromatic N) is 2. The Morgan fingerprint density at radius 3 is 2.37 bits per heavy atom. The van der Waals surface area contributed by atoms with Gasteiger partial charge >= 0.3 is 0 Å². The summed E-state index contributed by atoms with van der Waals surface area (Å²) in [5.74, 6) is 1.79. The largest absolute Gasteiger partial charge is 0.487 e. The van der Waals surface area contributed by atoms with Crippen molar-refractivity contribution in [2.45, 2.75) is 0 Å². The lowest BCUT2D eigenvalue weighted by Gasteiger charge is -2.15. The van der Waals surface area contributed by atoms with Crippen molar-refractivity contribution in [1.82, 2.24) is 9.97 Å². The van der Waals surface area contributed by atoms with E-state index in [9.17, 15) is 0 Å². The van der Waals surface area contributed by atoms with Gasteiger partial charge in [0.15, 0.2) is 11.5 Å². The molecule has 0 aliphatic heterocycles. The fourth-order valence-corrected chi connectivity index (χ4v) is 2.38. The van der Waals surface area contributed by atoms with Crippen molar-refractivity contribution < 1.29 is 29.9 Å². The summed E-state index contributed by atoms with van der Waals surface area (Å²) in [5.41, 5.74) is 1.37. The van der Waals surface area contributed by atoms with Crippen LogP contribution in [0.3, 0.4) is 0 Å². The summed E-state index contributed by atoms with van der Waals surface area (Å²) in [4.78, 5) is 8.33. The summed E-state index contributed by atoms with van der Waals surface area (Å²) in [6, 6.07) is 9.27. The van der Waals surface area contributed by atoms with Gasteiger partial charge in [-0.3, -0.25) is 0 Å². The quantitative estimate of drug-likeness (QED) is 0.483. The van der Waals surface area contributed by atoms with Crippen molar-refractivity contribution in [3.63, 3.8) is 0 Å². The molecular weight excluding hydrogens is 406 g/mol. The highest BCUT2D eigenvalue weighted by molar-refractivity contribution is 5.93. The van der Waals surface area contributed by atoms with Crippen molar-refractivity contribution in [3.05, 3.63) is 48.3 Å². The van der Waals surface area contributed by atoms with Gasteiger partial charge in [0.05, 0.1) is 29.6 Å². The normalized spacial score (nSPS) is 16.0. The van der Waals surface area contributed by atoms with Gasteiger partial charge < -0.3 is 24.3 Å². The fraction of sp³-hybridized carbons (Fsp3) is 0.273. The molecule has 30 heavy (non-hydrogen) atoms. The molecular formula is C22H24ClN3O4. The molecule has 2 aromatic carbocycles. The minimum atomic E-state index is -3.09. The van der Waals surface area contributed by atoms with Gasteiger partial charge in [-0.2, -0.15) is 0 Å². The number of aromatic nitrogens is 2. The lowest BCUT2D eigenvalue weighted by molar-refractivity contribution is 0.132. The van der Waals surface area contributed by atoms with E-state index < -0.39 is 37.7 Å². The Morgan fingerprint density at radius 2 is 1.70 bits per heavy atom. The first-order chi connectivity index (χ1) is 17.2. The minimum Gasteiger partial charge on any atom is -0.487 e. The second-order valence-corrected chi connectivity index (χ2v) is 5.41. The number of halogens is 1. The average Bonchev–Trinajstić information content (AvgIpc) is 2.84. The molecule has 0 radical (unpaired) electrons. The molecule has 0 atom stereocenters. The molecule has 1 N–H and O–H groups in total. The predicted octanol–water partition coefficient (Wildman–Crippen LogP) is 3.83. The van der Waals surface area contributed by atoms with Crippen LogP contribution >= 0.6 is 12.4 Å². The second kappa shape index (κ2) is 11.8. The Morgan fingerprint density at radius 1 is 1.00 bits per heavy atom. The summed E-state index contributed by atoms with van der Waals surface area (Å²) < 4.78 is 83.0. The van der Waals surface area contributed by atoms with Gasteiger partial charge in [0, 0.05) is 36.9 Å². The first kappa shape index (κ1) is 14.0. The molecule has 1 aromatic heterocycles. The molecule has 0 aliphatic carbocycles. The molecule has 0 aliphatic rings. The van der Waals surface area contributed by atoms with E-state index >= 15 is 0 Å². The van der Waals surface area contributed by atoms with E-state index in [2.05, 4.69) is 30.7 Å². The number of hydrogen-bond donors (Lipinski definition) is 1. The number of methoxy groups -OCH3 is 2. The summed E-state index contributed by atoms with van der Waals surface area (Å²) in [5, 5.41) is 3.33.